The molecular formula is C17H21BrN2O. The van der Waals surface area contributed by atoms with Crippen molar-refractivity contribution in [3.05, 3.63) is 51.6 Å². The van der Waals surface area contributed by atoms with Crippen molar-refractivity contribution in [1.82, 2.24) is 4.98 Å². The van der Waals surface area contributed by atoms with E-state index in [1.165, 1.54) is 0 Å². The molecule has 0 saturated carbocycles. The van der Waals surface area contributed by atoms with Crippen LogP contribution in [0.3, 0.4) is 0 Å². The summed E-state index contributed by atoms with van der Waals surface area (Å²) in [6, 6.07) is 8.11. The van der Waals surface area contributed by atoms with E-state index < -0.39 is 0 Å². The summed E-state index contributed by atoms with van der Waals surface area (Å²) < 4.78 is 6.94. The zero-order valence-electron chi connectivity index (χ0n) is 12.7. The number of nitrogens with zero attached hydrogens (tertiary/aromatic N) is 1. The van der Waals surface area contributed by atoms with E-state index in [4.69, 9.17) is 10.5 Å². The maximum atomic E-state index is 5.95. The summed E-state index contributed by atoms with van der Waals surface area (Å²) >= 11 is 3.55. The van der Waals surface area contributed by atoms with E-state index in [1.807, 2.05) is 44.3 Å². The van der Waals surface area contributed by atoms with Gasteiger partial charge in [-0.05, 0) is 55.5 Å². The van der Waals surface area contributed by atoms with Crippen molar-refractivity contribution in [1.29, 1.82) is 0 Å². The van der Waals surface area contributed by atoms with Crippen molar-refractivity contribution >= 4 is 15.9 Å². The lowest BCUT2D eigenvalue weighted by atomic mass is 10.1. The normalized spacial score (nSPS) is 12.2. The molecule has 0 saturated heterocycles. The van der Waals surface area contributed by atoms with Gasteiger partial charge < -0.3 is 10.5 Å². The monoisotopic (exact) mass is 348 g/mol. The SMILES string of the molecule is CCC(N)Cc1ccc(Oc2cc(C)c(Br)c(C)c2)nc1. The molecule has 2 rings (SSSR count). The van der Waals surface area contributed by atoms with Gasteiger partial charge in [0.05, 0.1) is 0 Å². The van der Waals surface area contributed by atoms with Crippen molar-refractivity contribution < 1.29 is 4.74 Å². The molecule has 2 N–H and O–H groups in total. The fourth-order valence-corrected chi connectivity index (χ4v) is 2.35. The molecule has 0 bridgehead atoms. The molecule has 1 aromatic heterocycles. The fourth-order valence-electron chi connectivity index (χ4n) is 2.12. The van der Waals surface area contributed by atoms with E-state index in [2.05, 4.69) is 27.8 Å². The van der Waals surface area contributed by atoms with Crippen molar-refractivity contribution in [2.75, 3.05) is 0 Å². The van der Waals surface area contributed by atoms with Crippen LogP contribution in [0.5, 0.6) is 11.6 Å². The van der Waals surface area contributed by atoms with Gasteiger partial charge >= 0.3 is 0 Å². The highest BCUT2D eigenvalue weighted by Gasteiger charge is 2.06. The summed E-state index contributed by atoms with van der Waals surface area (Å²) in [6.45, 7) is 6.19. The van der Waals surface area contributed by atoms with E-state index in [0.29, 0.717) is 5.88 Å². The van der Waals surface area contributed by atoms with E-state index in [1.54, 1.807) is 0 Å². The fraction of sp³-hybridized carbons (Fsp3) is 0.353. The first-order valence-electron chi connectivity index (χ1n) is 7.14. The van der Waals surface area contributed by atoms with Gasteiger partial charge in [0.1, 0.15) is 5.75 Å². The highest BCUT2D eigenvalue weighted by atomic mass is 79.9. The maximum Gasteiger partial charge on any atom is 0.219 e. The molecule has 1 unspecified atom stereocenters. The van der Waals surface area contributed by atoms with Crippen molar-refractivity contribution in [3.63, 3.8) is 0 Å². The van der Waals surface area contributed by atoms with Gasteiger partial charge in [-0.3, -0.25) is 0 Å². The Hall–Kier alpha value is -1.39. The van der Waals surface area contributed by atoms with Crippen LogP contribution in [-0.4, -0.2) is 11.0 Å². The minimum Gasteiger partial charge on any atom is -0.439 e. The van der Waals surface area contributed by atoms with Crippen molar-refractivity contribution in [3.8, 4) is 11.6 Å². The van der Waals surface area contributed by atoms with Crippen LogP contribution in [0.1, 0.15) is 30.0 Å². The maximum absolute atomic E-state index is 5.95. The second-order valence-corrected chi connectivity index (χ2v) is 6.14. The number of halogens is 1. The average Bonchev–Trinajstić information content (AvgIpc) is 2.46. The predicted molar refractivity (Wildman–Crippen MR) is 89.9 cm³/mol. The molecule has 0 spiro atoms. The summed E-state index contributed by atoms with van der Waals surface area (Å²) in [7, 11) is 0. The topological polar surface area (TPSA) is 48.1 Å². The Morgan fingerprint density at radius 3 is 2.43 bits per heavy atom. The van der Waals surface area contributed by atoms with Crippen LogP contribution in [0.25, 0.3) is 0 Å². The number of aromatic nitrogens is 1. The quantitative estimate of drug-likeness (QED) is 0.863. The Morgan fingerprint density at radius 1 is 1.24 bits per heavy atom. The number of hydrogen-bond acceptors (Lipinski definition) is 3. The average molecular weight is 349 g/mol. The van der Waals surface area contributed by atoms with Crippen molar-refractivity contribution in [2.24, 2.45) is 5.73 Å². The predicted octanol–water partition coefficient (Wildman–Crippen LogP) is 4.53. The Balaban J connectivity index is 2.10. The molecule has 4 heteroatoms. The highest BCUT2D eigenvalue weighted by molar-refractivity contribution is 9.10. The standard InChI is InChI=1S/C17H21BrN2O/c1-4-14(19)9-13-5-6-16(20-10-13)21-15-7-11(2)17(18)12(3)8-15/h5-8,10,14H,4,9,19H2,1-3H3. The van der Waals surface area contributed by atoms with Gasteiger partial charge in [0.2, 0.25) is 5.88 Å². The Morgan fingerprint density at radius 2 is 1.90 bits per heavy atom. The highest BCUT2D eigenvalue weighted by Crippen LogP contribution is 2.28. The number of rotatable bonds is 5. The molecule has 0 fully saturated rings. The number of nitrogens with two attached hydrogens (primary N) is 1. The Kier molecular flexibility index (Phi) is 5.37. The second kappa shape index (κ2) is 7.05. The molecule has 3 nitrogen and oxygen atoms in total. The summed E-state index contributed by atoms with van der Waals surface area (Å²) in [5.74, 6) is 1.41. The van der Waals surface area contributed by atoms with Crippen molar-refractivity contribution in [2.45, 2.75) is 39.7 Å². The Labute approximate surface area is 134 Å². The molecule has 0 radical (unpaired) electrons. The lowest BCUT2D eigenvalue weighted by Crippen LogP contribution is -2.21. The third-order valence-electron chi connectivity index (χ3n) is 3.45. The molecule has 1 atom stereocenters. The number of benzene rings is 1. The third-order valence-corrected chi connectivity index (χ3v) is 4.70. The minimum atomic E-state index is 0.190. The van der Waals surface area contributed by atoms with Crippen LogP contribution >= 0.6 is 15.9 Å². The van der Waals surface area contributed by atoms with Gasteiger partial charge in [-0.2, -0.15) is 0 Å². The molecule has 0 aliphatic heterocycles. The number of hydrogen-bond donors (Lipinski definition) is 1. The first-order chi connectivity index (χ1) is 9.99. The van der Waals surface area contributed by atoms with Gasteiger partial charge in [0, 0.05) is 22.8 Å². The largest absolute Gasteiger partial charge is 0.439 e. The lowest BCUT2D eigenvalue weighted by Gasteiger charge is -2.11. The van der Waals surface area contributed by atoms with E-state index >= 15 is 0 Å². The molecule has 0 aliphatic carbocycles. The molecule has 0 aliphatic rings. The molecule has 112 valence electrons. The number of aryl methyl sites for hydroxylation is 2. The first kappa shape index (κ1) is 16.0. The van der Waals surface area contributed by atoms with E-state index in [9.17, 15) is 0 Å². The molecule has 1 aromatic carbocycles. The summed E-state index contributed by atoms with van der Waals surface area (Å²) in [5.41, 5.74) is 9.39. The zero-order chi connectivity index (χ0) is 15.4. The molecule has 1 heterocycles. The zero-order valence-corrected chi connectivity index (χ0v) is 14.3. The summed E-state index contributed by atoms with van der Waals surface area (Å²) in [6.07, 6.45) is 3.65. The molecule has 21 heavy (non-hydrogen) atoms. The molecule has 2 aromatic rings. The first-order valence-corrected chi connectivity index (χ1v) is 7.94. The summed E-state index contributed by atoms with van der Waals surface area (Å²) in [4.78, 5) is 4.35. The van der Waals surface area contributed by atoms with Gasteiger partial charge in [-0.15, -0.1) is 0 Å². The van der Waals surface area contributed by atoms with Gasteiger partial charge in [0.25, 0.3) is 0 Å². The molecule has 0 amide bonds. The third kappa shape index (κ3) is 4.29. The van der Waals surface area contributed by atoms with E-state index in [0.717, 1.165) is 39.8 Å². The van der Waals surface area contributed by atoms with Crippen LogP contribution in [-0.2, 0) is 6.42 Å². The number of ether oxygens (including phenoxy) is 1. The van der Waals surface area contributed by atoms with Crippen LogP contribution in [0, 0.1) is 13.8 Å². The second-order valence-electron chi connectivity index (χ2n) is 5.35. The van der Waals surface area contributed by atoms with Crippen LogP contribution in [0.4, 0.5) is 0 Å². The van der Waals surface area contributed by atoms with Gasteiger partial charge in [-0.1, -0.05) is 28.9 Å². The summed E-state index contributed by atoms with van der Waals surface area (Å²) in [5, 5.41) is 0. The van der Waals surface area contributed by atoms with Crippen LogP contribution < -0.4 is 10.5 Å². The number of pyridine rings is 1. The Bertz CT molecular complexity index is 588. The van der Waals surface area contributed by atoms with Crippen LogP contribution in [0.2, 0.25) is 0 Å². The smallest absolute Gasteiger partial charge is 0.219 e. The van der Waals surface area contributed by atoms with Gasteiger partial charge in [0.15, 0.2) is 0 Å². The van der Waals surface area contributed by atoms with Crippen LogP contribution in [0.15, 0.2) is 34.9 Å². The lowest BCUT2D eigenvalue weighted by molar-refractivity contribution is 0.461. The minimum absolute atomic E-state index is 0.190. The molecular weight excluding hydrogens is 328 g/mol. The van der Waals surface area contributed by atoms with Gasteiger partial charge in [-0.25, -0.2) is 4.98 Å². The van der Waals surface area contributed by atoms with E-state index in [-0.39, 0.29) is 6.04 Å².